The van der Waals surface area contributed by atoms with Gasteiger partial charge in [-0.25, -0.2) is 13.2 Å². The summed E-state index contributed by atoms with van der Waals surface area (Å²) in [5.41, 5.74) is 0. The van der Waals surface area contributed by atoms with Crippen LogP contribution in [0.15, 0.2) is 0 Å². The summed E-state index contributed by atoms with van der Waals surface area (Å²) in [6.45, 7) is 5.51. The second-order valence-corrected chi connectivity index (χ2v) is 4.55. The van der Waals surface area contributed by atoms with Gasteiger partial charge >= 0.3 is 0 Å². The minimum atomic E-state index is -2.20. The average Bonchev–Trinajstić information content (AvgIpc) is 2.44. The number of nitrogens with one attached hydrogen (secondary N) is 1. The molecule has 2 atom stereocenters. The number of ether oxygens (including phenoxy) is 1. The third kappa shape index (κ3) is 3.59. The lowest BCUT2D eigenvalue weighted by Crippen LogP contribution is -2.35. The van der Waals surface area contributed by atoms with Crippen LogP contribution in [0.2, 0.25) is 0 Å². The average molecular weight is 297 g/mol. The fourth-order valence-electron chi connectivity index (χ4n) is 1.44. The van der Waals surface area contributed by atoms with Gasteiger partial charge in [-0.2, -0.15) is 8.78 Å². The van der Waals surface area contributed by atoms with Crippen LogP contribution in [0.1, 0.15) is 27.2 Å². The molecule has 1 aromatic rings. The molecule has 0 spiro atoms. The van der Waals surface area contributed by atoms with E-state index in [4.69, 9.17) is 4.74 Å². The molecule has 1 rings (SSSR count). The molecule has 2 unspecified atom stereocenters. The highest BCUT2D eigenvalue weighted by Crippen LogP contribution is 2.29. The van der Waals surface area contributed by atoms with Gasteiger partial charge in [0.2, 0.25) is 29.1 Å². The summed E-state index contributed by atoms with van der Waals surface area (Å²) in [6, 6.07) is 0.150. The summed E-state index contributed by atoms with van der Waals surface area (Å²) in [7, 11) is 0. The molecule has 1 N–H and O–H groups in total. The van der Waals surface area contributed by atoms with E-state index in [2.05, 4.69) is 5.32 Å². The predicted octanol–water partition coefficient (Wildman–Crippen LogP) is 3.54. The van der Waals surface area contributed by atoms with Crippen LogP contribution in [0, 0.1) is 29.1 Å². The number of halogens is 5. The lowest BCUT2D eigenvalue weighted by atomic mass is 10.2. The van der Waals surface area contributed by atoms with E-state index in [9.17, 15) is 22.0 Å². The van der Waals surface area contributed by atoms with Gasteiger partial charge in [0.1, 0.15) is 6.10 Å². The Morgan fingerprint density at radius 1 is 0.900 bits per heavy atom. The molecule has 0 fully saturated rings. The lowest BCUT2D eigenvalue weighted by molar-refractivity contribution is 0.185. The van der Waals surface area contributed by atoms with E-state index in [1.165, 1.54) is 6.92 Å². The van der Waals surface area contributed by atoms with Crippen molar-refractivity contribution in [3.63, 3.8) is 0 Å². The van der Waals surface area contributed by atoms with E-state index >= 15 is 0 Å². The minimum absolute atomic E-state index is 0.150. The molecular weight excluding hydrogens is 281 g/mol. The maximum absolute atomic E-state index is 13.4. The summed E-state index contributed by atoms with van der Waals surface area (Å²) in [4.78, 5) is 0. The van der Waals surface area contributed by atoms with Crippen molar-refractivity contribution in [3.8, 4) is 5.75 Å². The third-order valence-corrected chi connectivity index (χ3v) is 2.85. The second kappa shape index (κ2) is 6.88. The topological polar surface area (TPSA) is 21.3 Å². The smallest absolute Gasteiger partial charge is 0.207 e. The van der Waals surface area contributed by atoms with Crippen molar-refractivity contribution < 1.29 is 26.7 Å². The molecule has 0 aromatic heterocycles. The molecule has 0 radical (unpaired) electrons. The number of benzene rings is 1. The quantitative estimate of drug-likeness (QED) is 0.492. The van der Waals surface area contributed by atoms with Crippen LogP contribution in [0.5, 0.6) is 5.75 Å². The lowest BCUT2D eigenvalue weighted by Gasteiger charge is -2.19. The molecule has 0 saturated carbocycles. The molecule has 2 nitrogen and oxygen atoms in total. The van der Waals surface area contributed by atoms with E-state index in [0.29, 0.717) is 0 Å². The van der Waals surface area contributed by atoms with E-state index in [-0.39, 0.29) is 12.6 Å². The van der Waals surface area contributed by atoms with Gasteiger partial charge in [0, 0.05) is 12.6 Å². The molecule has 0 heterocycles. The standard InChI is InChI=1S/C13H16F5NO/c1-4-6(2)19-5-7(3)20-13-11(17)9(15)8(14)10(16)12(13)18/h6-7,19H,4-5H2,1-3H3. The van der Waals surface area contributed by atoms with Crippen LogP contribution in [-0.4, -0.2) is 18.7 Å². The highest BCUT2D eigenvalue weighted by atomic mass is 19.2. The van der Waals surface area contributed by atoms with Gasteiger partial charge in [-0.1, -0.05) is 6.92 Å². The molecule has 0 bridgehead atoms. The minimum Gasteiger partial charge on any atom is -0.483 e. The Kier molecular flexibility index (Phi) is 5.74. The van der Waals surface area contributed by atoms with Crippen LogP contribution in [-0.2, 0) is 0 Å². The summed E-state index contributed by atoms with van der Waals surface area (Å²) in [5, 5.41) is 3.00. The van der Waals surface area contributed by atoms with Crippen LogP contribution in [0.25, 0.3) is 0 Å². The first-order valence-corrected chi connectivity index (χ1v) is 6.21. The monoisotopic (exact) mass is 297 g/mol. The summed E-state index contributed by atoms with van der Waals surface area (Å²) in [5.74, 6) is -11.4. The molecule has 114 valence electrons. The fourth-order valence-corrected chi connectivity index (χ4v) is 1.44. The van der Waals surface area contributed by atoms with Crippen molar-refractivity contribution in [3.05, 3.63) is 29.1 Å². The highest BCUT2D eigenvalue weighted by Gasteiger charge is 2.27. The molecule has 0 saturated heterocycles. The van der Waals surface area contributed by atoms with Crippen LogP contribution >= 0.6 is 0 Å². The Bertz CT molecular complexity index is 451. The van der Waals surface area contributed by atoms with E-state index in [1.807, 2.05) is 13.8 Å². The van der Waals surface area contributed by atoms with Crippen molar-refractivity contribution >= 4 is 0 Å². The first kappa shape index (κ1) is 16.7. The molecule has 0 aliphatic rings. The molecule has 7 heteroatoms. The Balaban J connectivity index is 2.87. The van der Waals surface area contributed by atoms with Gasteiger partial charge in [0.15, 0.2) is 5.75 Å². The van der Waals surface area contributed by atoms with Crippen molar-refractivity contribution in [2.45, 2.75) is 39.3 Å². The predicted molar refractivity (Wildman–Crippen MR) is 64.1 cm³/mol. The van der Waals surface area contributed by atoms with Gasteiger partial charge in [0.25, 0.3) is 0 Å². The van der Waals surface area contributed by atoms with Crippen LogP contribution in [0.3, 0.4) is 0 Å². The van der Waals surface area contributed by atoms with E-state index < -0.39 is 40.9 Å². The molecule has 20 heavy (non-hydrogen) atoms. The summed E-state index contributed by atoms with van der Waals surface area (Å²) in [6.07, 6.45) is 0.0761. The molecular formula is C13H16F5NO. The van der Waals surface area contributed by atoms with E-state index in [1.54, 1.807) is 0 Å². The van der Waals surface area contributed by atoms with Crippen LogP contribution in [0.4, 0.5) is 22.0 Å². The number of hydrogen-bond acceptors (Lipinski definition) is 2. The van der Waals surface area contributed by atoms with Gasteiger partial charge in [-0.15, -0.1) is 0 Å². The zero-order chi connectivity index (χ0) is 15.4. The Morgan fingerprint density at radius 3 is 1.80 bits per heavy atom. The van der Waals surface area contributed by atoms with Gasteiger partial charge in [-0.3, -0.25) is 0 Å². The fraction of sp³-hybridized carbons (Fsp3) is 0.538. The Labute approximate surface area is 113 Å². The maximum Gasteiger partial charge on any atom is 0.207 e. The van der Waals surface area contributed by atoms with Gasteiger partial charge < -0.3 is 10.1 Å². The molecule has 0 aliphatic carbocycles. The normalized spacial score (nSPS) is 14.2. The maximum atomic E-state index is 13.4. The third-order valence-electron chi connectivity index (χ3n) is 2.85. The van der Waals surface area contributed by atoms with Crippen LogP contribution < -0.4 is 10.1 Å². The number of rotatable bonds is 6. The van der Waals surface area contributed by atoms with Crippen molar-refractivity contribution in [1.29, 1.82) is 0 Å². The highest BCUT2D eigenvalue weighted by molar-refractivity contribution is 5.29. The largest absolute Gasteiger partial charge is 0.483 e. The zero-order valence-electron chi connectivity index (χ0n) is 11.4. The molecule has 0 aliphatic heterocycles. The molecule has 0 amide bonds. The van der Waals surface area contributed by atoms with E-state index in [0.717, 1.165) is 6.42 Å². The number of hydrogen-bond donors (Lipinski definition) is 1. The summed E-state index contributed by atoms with van der Waals surface area (Å²) < 4.78 is 70.3. The van der Waals surface area contributed by atoms with Gasteiger partial charge in [0.05, 0.1) is 0 Å². The zero-order valence-corrected chi connectivity index (χ0v) is 11.4. The second-order valence-electron chi connectivity index (χ2n) is 4.55. The summed E-state index contributed by atoms with van der Waals surface area (Å²) >= 11 is 0. The first-order chi connectivity index (χ1) is 9.29. The SMILES string of the molecule is CCC(C)NCC(C)Oc1c(F)c(F)c(F)c(F)c1F. The first-order valence-electron chi connectivity index (χ1n) is 6.21. The Morgan fingerprint density at radius 2 is 1.35 bits per heavy atom. The van der Waals surface area contributed by atoms with Crippen molar-refractivity contribution in [2.24, 2.45) is 0 Å². The van der Waals surface area contributed by atoms with Crippen molar-refractivity contribution in [1.82, 2.24) is 5.32 Å². The molecule has 1 aromatic carbocycles. The Hall–Kier alpha value is -1.37. The van der Waals surface area contributed by atoms with Crippen molar-refractivity contribution in [2.75, 3.05) is 6.54 Å². The van der Waals surface area contributed by atoms with Gasteiger partial charge in [-0.05, 0) is 20.3 Å².